The fourth-order valence-electron chi connectivity index (χ4n) is 4.68. The highest BCUT2D eigenvalue weighted by molar-refractivity contribution is 5.76. The van der Waals surface area contributed by atoms with Crippen molar-refractivity contribution < 1.29 is 23.1 Å². The normalized spacial score (nSPS) is 21.4. The number of halogens is 3. The number of benzene rings is 1. The highest BCUT2D eigenvalue weighted by atomic mass is 19.4. The number of anilines is 1. The number of aliphatic hydroxyl groups is 1. The molecule has 29 heavy (non-hydrogen) atoms. The van der Waals surface area contributed by atoms with Crippen molar-refractivity contribution in [1.29, 1.82) is 5.26 Å². The molecule has 2 heterocycles. The minimum atomic E-state index is -4.60. The van der Waals surface area contributed by atoms with Gasteiger partial charge in [-0.25, -0.2) is 0 Å². The van der Waals surface area contributed by atoms with E-state index in [1.807, 2.05) is 16.7 Å². The number of likely N-dealkylation sites (tertiary alicyclic amines) is 1. The molecule has 158 valence electrons. The lowest BCUT2D eigenvalue weighted by molar-refractivity contribution is -0.137. The van der Waals surface area contributed by atoms with Crippen LogP contribution in [0.25, 0.3) is 0 Å². The number of hydrogen-bond acceptors (Lipinski definition) is 4. The minimum absolute atomic E-state index is 0.0399. The van der Waals surface area contributed by atoms with Gasteiger partial charge in [-0.1, -0.05) is 6.92 Å². The predicted octanol–water partition coefficient (Wildman–Crippen LogP) is 3.41. The molecule has 0 aliphatic carbocycles. The molecular formula is C21H26F3N3O2. The fraction of sp³-hybridized carbons (Fsp3) is 0.619. The maximum atomic E-state index is 13.3. The molecule has 1 aromatic rings. The number of rotatable bonds is 4. The molecule has 1 N–H and O–H groups in total. The first-order valence-corrected chi connectivity index (χ1v) is 9.99. The van der Waals surface area contributed by atoms with E-state index in [0.717, 1.165) is 25.3 Å². The van der Waals surface area contributed by atoms with Crippen LogP contribution in [0.2, 0.25) is 0 Å². The third-order valence-corrected chi connectivity index (χ3v) is 6.40. The Balaban J connectivity index is 1.80. The average Bonchev–Trinajstić information content (AvgIpc) is 3.05. The molecule has 1 spiro atoms. The molecule has 3 rings (SSSR count). The minimum Gasteiger partial charge on any atom is -0.396 e. The fourth-order valence-corrected chi connectivity index (χ4v) is 4.68. The smallest absolute Gasteiger partial charge is 0.396 e. The van der Waals surface area contributed by atoms with E-state index in [2.05, 4.69) is 0 Å². The Kier molecular flexibility index (Phi) is 6.08. The van der Waals surface area contributed by atoms with Crippen molar-refractivity contribution in [1.82, 2.24) is 4.90 Å². The SMILES string of the molecule is CCCC(=O)N1CCC2(CC1)CN(c1ccc(C#N)c(C(F)(F)F)c1)CC2CO. The van der Waals surface area contributed by atoms with Gasteiger partial charge in [-0.15, -0.1) is 0 Å². The number of aliphatic hydroxyl groups excluding tert-OH is 1. The van der Waals surface area contributed by atoms with E-state index in [-0.39, 0.29) is 23.8 Å². The monoisotopic (exact) mass is 409 g/mol. The van der Waals surface area contributed by atoms with Crippen LogP contribution in [0, 0.1) is 22.7 Å². The predicted molar refractivity (Wildman–Crippen MR) is 102 cm³/mol. The van der Waals surface area contributed by atoms with E-state index < -0.39 is 17.3 Å². The van der Waals surface area contributed by atoms with Crippen LogP contribution in [0.4, 0.5) is 18.9 Å². The Bertz CT molecular complexity index is 795. The first-order chi connectivity index (χ1) is 13.7. The highest BCUT2D eigenvalue weighted by Crippen LogP contribution is 2.46. The van der Waals surface area contributed by atoms with Gasteiger partial charge in [0.25, 0.3) is 0 Å². The van der Waals surface area contributed by atoms with Gasteiger partial charge < -0.3 is 14.9 Å². The number of carbonyl (C=O) groups is 1. The number of nitriles is 1. The standard InChI is InChI=1S/C21H26F3N3O2/c1-2-3-19(29)26-8-6-20(7-9-26)14-27(12-16(20)13-28)17-5-4-15(11-25)18(10-17)21(22,23)24/h4-5,10,16,28H,2-3,6-9,12-14H2,1H3. The third-order valence-electron chi connectivity index (χ3n) is 6.40. The zero-order chi connectivity index (χ0) is 21.2. The molecule has 0 aromatic heterocycles. The van der Waals surface area contributed by atoms with Gasteiger partial charge >= 0.3 is 6.18 Å². The molecule has 0 saturated carbocycles. The van der Waals surface area contributed by atoms with Gasteiger partial charge in [0.05, 0.1) is 17.2 Å². The van der Waals surface area contributed by atoms with Crippen molar-refractivity contribution >= 4 is 11.6 Å². The van der Waals surface area contributed by atoms with E-state index >= 15 is 0 Å². The second kappa shape index (κ2) is 8.23. The van der Waals surface area contributed by atoms with E-state index in [9.17, 15) is 23.1 Å². The van der Waals surface area contributed by atoms with E-state index in [1.165, 1.54) is 6.07 Å². The van der Waals surface area contributed by atoms with Crippen molar-refractivity contribution in [3.8, 4) is 6.07 Å². The Morgan fingerprint density at radius 3 is 2.59 bits per heavy atom. The molecule has 2 aliphatic rings. The van der Waals surface area contributed by atoms with Crippen LogP contribution in [0.15, 0.2) is 18.2 Å². The maximum absolute atomic E-state index is 13.3. The molecule has 1 unspecified atom stereocenters. The Hall–Kier alpha value is -2.27. The van der Waals surface area contributed by atoms with Crippen molar-refractivity contribution in [3.63, 3.8) is 0 Å². The van der Waals surface area contributed by atoms with Gasteiger partial charge in [-0.05, 0) is 42.9 Å². The van der Waals surface area contributed by atoms with Crippen molar-refractivity contribution in [2.45, 2.75) is 38.8 Å². The van der Waals surface area contributed by atoms with E-state index in [4.69, 9.17) is 5.26 Å². The van der Waals surface area contributed by atoms with Crippen LogP contribution in [-0.4, -0.2) is 48.7 Å². The summed E-state index contributed by atoms with van der Waals surface area (Å²) in [5, 5.41) is 18.9. The van der Waals surface area contributed by atoms with Crippen LogP contribution >= 0.6 is 0 Å². The van der Waals surface area contributed by atoms with Gasteiger partial charge in [0.2, 0.25) is 5.91 Å². The molecule has 1 atom stereocenters. The molecule has 2 saturated heterocycles. The first-order valence-electron chi connectivity index (χ1n) is 9.99. The molecular weight excluding hydrogens is 383 g/mol. The van der Waals surface area contributed by atoms with Crippen LogP contribution < -0.4 is 4.90 Å². The lowest BCUT2D eigenvalue weighted by atomic mass is 9.71. The molecule has 2 aliphatic heterocycles. The van der Waals surface area contributed by atoms with Crippen LogP contribution in [0.3, 0.4) is 0 Å². The summed E-state index contributed by atoms with van der Waals surface area (Å²) >= 11 is 0. The molecule has 0 radical (unpaired) electrons. The summed E-state index contributed by atoms with van der Waals surface area (Å²) in [4.78, 5) is 15.9. The van der Waals surface area contributed by atoms with Crippen molar-refractivity contribution in [2.24, 2.45) is 11.3 Å². The molecule has 2 fully saturated rings. The van der Waals surface area contributed by atoms with E-state index in [0.29, 0.717) is 38.3 Å². The Morgan fingerprint density at radius 1 is 1.34 bits per heavy atom. The molecule has 5 nitrogen and oxygen atoms in total. The van der Waals surface area contributed by atoms with Crippen LogP contribution in [0.5, 0.6) is 0 Å². The summed E-state index contributed by atoms with van der Waals surface area (Å²) in [6.07, 6.45) is -1.82. The molecule has 8 heteroatoms. The second-order valence-corrected chi connectivity index (χ2v) is 8.09. The van der Waals surface area contributed by atoms with Gasteiger partial charge in [0.1, 0.15) is 0 Å². The molecule has 0 bridgehead atoms. The number of carbonyl (C=O) groups excluding carboxylic acids is 1. The first kappa shape index (κ1) is 21.4. The number of amides is 1. The number of piperidine rings is 1. The van der Waals surface area contributed by atoms with Crippen LogP contribution in [-0.2, 0) is 11.0 Å². The third kappa shape index (κ3) is 4.20. The zero-order valence-electron chi connectivity index (χ0n) is 16.5. The van der Waals surface area contributed by atoms with E-state index in [1.54, 1.807) is 12.1 Å². The second-order valence-electron chi connectivity index (χ2n) is 8.09. The lowest BCUT2D eigenvalue weighted by Gasteiger charge is -2.42. The van der Waals surface area contributed by atoms with Gasteiger partial charge in [0, 0.05) is 50.8 Å². The van der Waals surface area contributed by atoms with Gasteiger partial charge in [-0.2, -0.15) is 18.4 Å². The topological polar surface area (TPSA) is 67.6 Å². The lowest BCUT2D eigenvalue weighted by Crippen LogP contribution is -2.47. The number of hydrogen-bond donors (Lipinski definition) is 1. The zero-order valence-corrected chi connectivity index (χ0v) is 16.5. The Labute approximate surface area is 168 Å². The Morgan fingerprint density at radius 2 is 2.03 bits per heavy atom. The maximum Gasteiger partial charge on any atom is 0.417 e. The van der Waals surface area contributed by atoms with Gasteiger partial charge in [0.15, 0.2) is 0 Å². The molecule has 1 amide bonds. The summed E-state index contributed by atoms with van der Waals surface area (Å²) < 4.78 is 40.0. The van der Waals surface area contributed by atoms with Crippen molar-refractivity contribution in [3.05, 3.63) is 29.3 Å². The summed E-state index contributed by atoms with van der Waals surface area (Å²) in [6, 6.07) is 5.39. The molecule has 1 aromatic carbocycles. The summed E-state index contributed by atoms with van der Waals surface area (Å²) in [7, 11) is 0. The van der Waals surface area contributed by atoms with Crippen LogP contribution in [0.1, 0.15) is 43.7 Å². The largest absolute Gasteiger partial charge is 0.417 e. The number of nitrogens with zero attached hydrogens (tertiary/aromatic N) is 3. The quantitative estimate of drug-likeness (QED) is 0.828. The average molecular weight is 409 g/mol. The van der Waals surface area contributed by atoms with Crippen molar-refractivity contribution in [2.75, 3.05) is 37.7 Å². The number of alkyl halides is 3. The summed E-state index contributed by atoms with van der Waals surface area (Å²) in [5.74, 6) is 0.0792. The summed E-state index contributed by atoms with van der Waals surface area (Å²) in [6.45, 7) is 4.16. The summed E-state index contributed by atoms with van der Waals surface area (Å²) in [5.41, 5.74) is -1.13. The highest BCUT2D eigenvalue weighted by Gasteiger charge is 2.48. The van der Waals surface area contributed by atoms with Gasteiger partial charge in [-0.3, -0.25) is 4.79 Å².